The Morgan fingerprint density at radius 3 is 0.841 bits per heavy atom. The van der Waals surface area contributed by atoms with Gasteiger partial charge in [-0.25, -0.2) is 0 Å². The van der Waals surface area contributed by atoms with Crippen LogP contribution < -0.4 is 4.89 Å². The molecule has 0 aliphatic rings. The normalized spacial score (nSPS) is 13.0. The molecule has 0 fully saturated rings. The number of hydrogen-bond acceptors (Lipinski definition) is 8. The van der Waals surface area contributed by atoms with Gasteiger partial charge in [-0.15, -0.1) is 0 Å². The topological polar surface area (TPSA) is 111 Å². The van der Waals surface area contributed by atoms with Crippen LogP contribution in [0, 0.1) is 0 Å². The average molecular weight is 1270 g/mol. The average Bonchev–Trinajstić information content (AvgIpc) is 3.56. The van der Waals surface area contributed by atoms with Crippen LogP contribution in [0.5, 0.6) is 0 Å². The van der Waals surface area contributed by atoms with Gasteiger partial charge in [-0.2, -0.15) is 0 Å². The number of phosphoric ester groups is 1. The third-order valence-electron chi connectivity index (χ3n) is 18.3. The zero-order chi connectivity index (χ0) is 64.1. The van der Waals surface area contributed by atoms with E-state index in [0.717, 1.165) is 32.1 Å². The third-order valence-corrected chi connectivity index (χ3v) is 19.2. The summed E-state index contributed by atoms with van der Waals surface area (Å²) in [7, 11) is 1.20. The first kappa shape index (κ1) is 86.8. The highest BCUT2D eigenvalue weighted by Gasteiger charge is 2.22. The minimum atomic E-state index is -4.64. The van der Waals surface area contributed by atoms with Crippen LogP contribution in [0.25, 0.3) is 0 Å². The number of hydrogen-bond donors (Lipinski definition) is 0. The molecule has 0 aromatic carbocycles. The summed E-state index contributed by atoms with van der Waals surface area (Å²) in [6.07, 6.45) is 87.7. The highest BCUT2D eigenvalue weighted by atomic mass is 31.2. The van der Waals surface area contributed by atoms with Gasteiger partial charge in [0.1, 0.15) is 19.8 Å². The summed E-state index contributed by atoms with van der Waals surface area (Å²) in [5.74, 6) is -0.803. The fourth-order valence-corrected chi connectivity index (χ4v) is 13.0. The molecule has 0 amide bonds. The molecule has 2 atom stereocenters. The number of carbonyl (C=O) groups is 2. The molecule has 0 N–H and O–H groups in total. The molecular formula is C78H154NO8P. The van der Waals surface area contributed by atoms with Gasteiger partial charge >= 0.3 is 11.9 Å². The van der Waals surface area contributed by atoms with Crippen molar-refractivity contribution in [3.05, 3.63) is 12.2 Å². The highest BCUT2D eigenvalue weighted by molar-refractivity contribution is 7.45. The lowest BCUT2D eigenvalue weighted by Crippen LogP contribution is -2.37. The first-order valence-corrected chi connectivity index (χ1v) is 40.9. The van der Waals surface area contributed by atoms with Crippen molar-refractivity contribution in [1.29, 1.82) is 0 Å². The molecule has 0 radical (unpaired) electrons. The van der Waals surface area contributed by atoms with Gasteiger partial charge in [0.15, 0.2) is 6.10 Å². The molecule has 524 valence electrons. The van der Waals surface area contributed by atoms with Crippen molar-refractivity contribution < 1.29 is 42.1 Å². The lowest BCUT2D eigenvalue weighted by atomic mass is 10.0. The number of phosphoric acid groups is 1. The summed E-state index contributed by atoms with van der Waals surface area (Å²) in [6, 6.07) is 0. The Morgan fingerprint density at radius 1 is 0.341 bits per heavy atom. The lowest BCUT2D eigenvalue weighted by molar-refractivity contribution is -0.870. The Kier molecular flexibility index (Phi) is 69.1. The summed E-state index contributed by atoms with van der Waals surface area (Å²) >= 11 is 0. The summed E-state index contributed by atoms with van der Waals surface area (Å²) in [6.45, 7) is 4.34. The van der Waals surface area contributed by atoms with Crippen LogP contribution in [0.15, 0.2) is 12.2 Å². The van der Waals surface area contributed by atoms with Crippen molar-refractivity contribution in [1.82, 2.24) is 0 Å². The minimum Gasteiger partial charge on any atom is -0.756 e. The molecule has 0 aromatic heterocycles. The zero-order valence-corrected chi connectivity index (χ0v) is 60.9. The number of quaternary nitrogens is 1. The summed E-state index contributed by atoms with van der Waals surface area (Å²) in [5, 5.41) is 0. The first-order chi connectivity index (χ1) is 43.0. The SMILES string of the molecule is CCCCCCCCCC/C=C\CCCCCCCCCCCCCCCCCCCCCCCC(=O)OC(COC(=O)CCCCCCCCCCCCCCCCCCCCCCCCCCCCCCCCC)COP(=O)([O-])OCC[N+](C)(C)C. The molecule has 0 bridgehead atoms. The van der Waals surface area contributed by atoms with E-state index >= 15 is 0 Å². The van der Waals surface area contributed by atoms with Gasteiger partial charge in [0.05, 0.1) is 27.7 Å². The van der Waals surface area contributed by atoms with Gasteiger partial charge in [0, 0.05) is 12.8 Å². The molecular weight excluding hydrogens is 1110 g/mol. The second kappa shape index (κ2) is 70.1. The quantitative estimate of drug-likeness (QED) is 0.0195. The van der Waals surface area contributed by atoms with Crippen LogP contribution in [0.2, 0.25) is 0 Å². The number of allylic oxidation sites excluding steroid dienone is 2. The molecule has 0 saturated carbocycles. The van der Waals surface area contributed by atoms with E-state index in [-0.39, 0.29) is 32.0 Å². The maximum Gasteiger partial charge on any atom is 0.306 e. The lowest BCUT2D eigenvalue weighted by Gasteiger charge is -2.28. The number of nitrogens with zero attached hydrogens (tertiary/aromatic N) is 1. The predicted molar refractivity (Wildman–Crippen MR) is 379 cm³/mol. The van der Waals surface area contributed by atoms with Crippen LogP contribution in [0.4, 0.5) is 0 Å². The molecule has 0 spiro atoms. The summed E-state index contributed by atoms with van der Waals surface area (Å²) in [5.41, 5.74) is 0. The fraction of sp³-hybridized carbons (Fsp3) is 0.949. The molecule has 0 rings (SSSR count). The number of carbonyl (C=O) groups excluding carboxylic acids is 2. The second-order valence-corrected chi connectivity index (χ2v) is 29.9. The molecule has 2 unspecified atom stereocenters. The molecule has 0 heterocycles. The van der Waals surface area contributed by atoms with E-state index < -0.39 is 26.5 Å². The first-order valence-electron chi connectivity index (χ1n) is 39.4. The molecule has 0 aliphatic carbocycles. The van der Waals surface area contributed by atoms with Crippen LogP contribution >= 0.6 is 7.82 Å². The van der Waals surface area contributed by atoms with Crippen LogP contribution in [0.3, 0.4) is 0 Å². The van der Waals surface area contributed by atoms with Crippen molar-refractivity contribution in [2.24, 2.45) is 0 Å². The predicted octanol–water partition coefficient (Wildman–Crippen LogP) is 25.2. The second-order valence-electron chi connectivity index (χ2n) is 28.4. The molecule has 9 nitrogen and oxygen atoms in total. The van der Waals surface area contributed by atoms with E-state index in [2.05, 4.69) is 26.0 Å². The van der Waals surface area contributed by atoms with Crippen molar-refractivity contribution in [3.8, 4) is 0 Å². The Balaban J connectivity index is 3.91. The van der Waals surface area contributed by atoms with E-state index in [1.807, 2.05) is 21.1 Å². The van der Waals surface area contributed by atoms with E-state index in [1.54, 1.807) is 0 Å². The zero-order valence-electron chi connectivity index (χ0n) is 60.0. The van der Waals surface area contributed by atoms with E-state index in [0.29, 0.717) is 17.4 Å². The molecule has 0 saturated heterocycles. The Labute approximate surface area is 549 Å². The molecule has 0 aliphatic heterocycles. The maximum absolute atomic E-state index is 12.9. The highest BCUT2D eigenvalue weighted by Crippen LogP contribution is 2.38. The molecule has 0 aromatic rings. The largest absolute Gasteiger partial charge is 0.756 e. The van der Waals surface area contributed by atoms with Gasteiger partial charge < -0.3 is 27.9 Å². The Hall–Kier alpha value is -1.25. The van der Waals surface area contributed by atoms with Crippen molar-refractivity contribution in [2.75, 3.05) is 47.5 Å². The van der Waals surface area contributed by atoms with Gasteiger partial charge in [-0.05, 0) is 38.5 Å². The van der Waals surface area contributed by atoms with Gasteiger partial charge in [0.2, 0.25) is 0 Å². The van der Waals surface area contributed by atoms with Crippen molar-refractivity contribution in [3.63, 3.8) is 0 Å². The Morgan fingerprint density at radius 2 is 0.580 bits per heavy atom. The van der Waals surface area contributed by atoms with Gasteiger partial charge in [0.25, 0.3) is 7.82 Å². The number of rotatable bonds is 75. The van der Waals surface area contributed by atoms with E-state index in [9.17, 15) is 19.0 Å². The minimum absolute atomic E-state index is 0.0256. The molecule has 88 heavy (non-hydrogen) atoms. The van der Waals surface area contributed by atoms with E-state index in [4.69, 9.17) is 18.5 Å². The summed E-state index contributed by atoms with van der Waals surface area (Å²) < 4.78 is 34.4. The van der Waals surface area contributed by atoms with Crippen LogP contribution in [-0.4, -0.2) is 70.0 Å². The summed E-state index contributed by atoms with van der Waals surface area (Å²) in [4.78, 5) is 38.1. The number of esters is 2. The van der Waals surface area contributed by atoms with Crippen molar-refractivity contribution in [2.45, 2.75) is 431 Å². The maximum atomic E-state index is 12.9. The monoisotopic (exact) mass is 1260 g/mol. The molecule has 10 heteroatoms. The standard InChI is InChI=1S/C78H154NO8P/c1-6-8-10-12-14-16-18-20-22-24-26-28-30-32-34-36-38-39-41-43-45-47-49-51-53-55-57-59-61-63-65-67-69-71-78(81)87-76(75-86-88(82,83)85-73-72-79(3,4)5)74-84-77(80)70-68-66-64-62-60-58-56-54-52-50-48-46-44-42-40-37-35-33-31-29-27-25-23-21-19-17-15-13-11-9-7-2/h24,26,76H,6-23,25,27-75H2,1-5H3/b26-24-. The van der Waals surface area contributed by atoms with Gasteiger partial charge in [-0.1, -0.05) is 386 Å². The number of likely N-dealkylation sites (N-methyl/N-ethyl adjacent to an activating group) is 1. The van der Waals surface area contributed by atoms with Gasteiger partial charge in [-0.3, -0.25) is 14.2 Å². The fourth-order valence-electron chi connectivity index (χ4n) is 12.2. The number of ether oxygens (including phenoxy) is 2. The number of unbranched alkanes of at least 4 members (excludes halogenated alkanes) is 59. The van der Waals surface area contributed by atoms with E-state index in [1.165, 1.54) is 360 Å². The van der Waals surface area contributed by atoms with Crippen LogP contribution in [0.1, 0.15) is 425 Å². The third kappa shape index (κ3) is 73.8. The smallest absolute Gasteiger partial charge is 0.306 e. The Bertz CT molecular complexity index is 1490. The van der Waals surface area contributed by atoms with Crippen molar-refractivity contribution >= 4 is 19.8 Å². The van der Waals surface area contributed by atoms with Crippen LogP contribution in [-0.2, 0) is 32.7 Å².